The van der Waals surface area contributed by atoms with Crippen molar-refractivity contribution in [2.75, 3.05) is 12.3 Å². The molecular formula is C24H31N3O2. The topological polar surface area (TPSA) is 84.2 Å². The van der Waals surface area contributed by atoms with Gasteiger partial charge in [-0.25, -0.2) is 0 Å². The molecule has 5 heteroatoms. The molecule has 0 radical (unpaired) electrons. The van der Waals surface area contributed by atoms with Crippen LogP contribution in [0.3, 0.4) is 0 Å². The van der Waals surface area contributed by atoms with Crippen LogP contribution in [0.1, 0.15) is 65.5 Å². The van der Waals surface area contributed by atoms with Gasteiger partial charge in [0.1, 0.15) is 0 Å². The maximum atomic E-state index is 12.5. The average Bonchev–Trinajstić information content (AvgIpc) is 3.45. The van der Waals surface area contributed by atoms with Crippen LogP contribution in [0, 0.1) is 19.3 Å². The van der Waals surface area contributed by atoms with E-state index < -0.39 is 0 Å². The summed E-state index contributed by atoms with van der Waals surface area (Å²) >= 11 is 0. The molecule has 0 aromatic heterocycles. The van der Waals surface area contributed by atoms with Crippen LogP contribution in [-0.4, -0.2) is 24.4 Å². The van der Waals surface area contributed by atoms with Gasteiger partial charge in [-0.15, -0.1) is 0 Å². The maximum Gasteiger partial charge on any atom is 0.253 e. The molecule has 1 fully saturated rings. The third-order valence-corrected chi connectivity index (χ3v) is 5.23. The average molecular weight is 394 g/mol. The molecular weight excluding hydrogens is 362 g/mol. The quantitative estimate of drug-likeness (QED) is 0.665. The first-order valence-corrected chi connectivity index (χ1v) is 10.2. The highest BCUT2D eigenvalue weighted by molar-refractivity contribution is 6.00. The predicted molar refractivity (Wildman–Crippen MR) is 118 cm³/mol. The van der Waals surface area contributed by atoms with E-state index in [0.717, 1.165) is 35.1 Å². The third kappa shape index (κ3) is 5.17. The second kappa shape index (κ2) is 7.90. The Balaban J connectivity index is 1.88. The van der Waals surface area contributed by atoms with Crippen LogP contribution in [0.2, 0.25) is 0 Å². The van der Waals surface area contributed by atoms with Gasteiger partial charge in [-0.3, -0.25) is 9.59 Å². The molecule has 0 spiro atoms. The van der Waals surface area contributed by atoms with Crippen molar-refractivity contribution in [3.05, 3.63) is 52.6 Å². The lowest BCUT2D eigenvalue weighted by Gasteiger charge is -2.19. The van der Waals surface area contributed by atoms with Gasteiger partial charge in [-0.05, 0) is 78.6 Å². The summed E-state index contributed by atoms with van der Waals surface area (Å²) in [6, 6.07) is 9.62. The van der Waals surface area contributed by atoms with Crippen molar-refractivity contribution in [3.8, 4) is 11.1 Å². The normalized spacial score (nSPS) is 13.8. The molecule has 1 aliphatic rings. The van der Waals surface area contributed by atoms with E-state index in [1.165, 1.54) is 0 Å². The molecule has 2 aromatic rings. The summed E-state index contributed by atoms with van der Waals surface area (Å²) in [6.45, 7) is 10.8. The van der Waals surface area contributed by atoms with Crippen LogP contribution in [-0.2, 0) is 0 Å². The minimum absolute atomic E-state index is 0.000476. The number of hydrogen-bond acceptors (Lipinski definition) is 3. The Hall–Kier alpha value is -2.82. The zero-order valence-corrected chi connectivity index (χ0v) is 18.0. The first-order chi connectivity index (χ1) is 13.5. The molecule has 154 valence electrons. The monoisotopic (exact) mass is 393 g/mol. The van der Waals surface area contributed by atoms with Crippen molar-refractivity contribution < 1.29 is 9.59 Å². The van der Waals surface area contributed by atoms with Crippen LogP contribution in [0.25, 0.3) is 11.1 Å². The highest BCUT2D eigenvalue weighted by atomic mass is 16.2. The van der Waals surface area contributed by atoms with Crippen molar-refractivity contribution in [3.63, 3.8) is 0 Å². The molecule has 0 aliphatic heterocycles. The number of nitrogens with two attached hydrogens (primary N) is 1. The largest absolute Gasteiger partial charge is 0.398 e. The van der Waals surface area contributed by atoms with Crippen molar-refractivity contribution in [2.45, 2.75) is 53.5 Å². The summed E-state index contributed by atoms with van der Waals surface area (Å²) in [5.74, 6) is -0.211. The van der Waals surface area contributed by atoms with Crippen molar-refractivity contribution in [2.24, 2.45) is 5.41 Å². The van der Waals surface area contributed by atoms with Gasteiger partial charge < -0.3 is 16.4 Å². The molecule has 1 saturated carbocycles. The van der Waals surface area contributed by atoms with Crippen molar-refractivity contribution in [1.29, 1.82) is 0 Å². The standard InChI is InChI=1S/C24H31N3O2/c1-14-10-17(22(28)27-18-7-8-18)11-20(15(14)2)16-6-9-19(21(25)12-16)23(29)26-13-24(3,4)5/h6,9-12,18H,7-8,13,25H2,1-5H3,(H,26,29)(H,27,28). The summed E-state index contributed by atoms with van der Waals surface area (Å²) in [6.07, 6.45) is 2.11. The number of amides is 2. The van der Waals surface area contributed by atoms with Gasteiger partial charge in [-0.2, -0.15) is 0 Å². The molecule has 0 heterocycles. The van der Waals surface area contributed by atoms with E-state index >= 15 is 0 Å². The maximum absolute atomic E-state index is 12.5. The Morgan fingerprint density at radius 3 is 2.34 bits per heavy atom. The smallest absolute Gasteiger partial charge is 0.253 e. The molecule has 0 atom stereocenters. The van der Waals surface area contributed by atoms with Gasteiger partial charge in [0.05, 0.1) is 5.56 Å². The molecule has 0 bridgehead atoms. The summed E-state index contributed by atoms with van der Waals surface area (Å²) < 4.78 is 0. The number of benzene rings is 2. The van der Waals surface area contributed by atoms with Crippen LogP contribution in [0.5, 0.6) is 0 Å². The molecule has 0 unspecified atom stereocenters. The predicted octanol–water partition coefficient (Wildman–Crippen LogP) is 4.22. The molecule has 0 saturated heterocycles. The van der Waals surface area contributed by atoms with E-state index in [2.05, 4.69) is 31.4 Å². The molecule has 4 N–H and O–H groups in total. The van der Waals surface area contributed by atoms with Crippen LogP contribution < -0.4 is 16.4 Å². The first-order valence-electron chi connectivity index (χ1n) is 10.2. The third-order valence-electron chi connectivity index (χ3n) is 5.23. The Bertz CT molecular complexity index is 953. The van der Waals surface area contributed by atoms with E-state index in [1.54, 1.807) is 6.07 Å². The van der Waals surface area contributed by atoms with E-state index in [-0.39, 0.29) is 17.2 Å². The van der Waals surface area contributed by atoms with Gasteiger partial charge in [0, 0.05) is 23.8 Å². The number of hydrogen-bond donors (Lipinski definition) is 3. The SMILES string of the molecule is Cc1cc(C(=O)NC2CC2)cc(-c2ccc(C(=O)NCC(C)(C)C)c(N)c2)c1C. The van der Waals surface area contributed by atoms with Gasteiger partial charge in [0.25, 0.3) is 11.8 Å². The van der Waals surface area contributed by atoms with E-state index in [4.69, 9.17) is 5.73 Å². The lowest BCUT2D eigenvalue weighted by molar-refractivity contribution is 0.0936. The highest BCUT2D eigenvalue weighted by Gasteiger charge is 2.24. The fraction of sp³-hybridized carbons (Fsp3) is 0.417. The number of carbonyl (C=O) groups is 2. The molecule has 29 heavy (non-hydrogen) atoms. The van der Waals surface area contributed by atoms with Crippen LogP contribution in [0.15, 0.2) is 30.3 Å². The minimum Gasteiger partial charge on any atom is -0.398 e. The summed E-state index contributed by atoms with van der Waals surface area (Å²) in [7, 11) is 0. The number of nitrogen functional groups attached to an aromatic ring is 1. The Labute approximate surface area is 173 Å². The zero-order valence-electron chi connectivity index (χ0n) is 18.0. The molecule has 3 rings (SSSR count). The number of aryl methyl sites for hydroxylation is 1. The minimum atomic E-state index is -0.172. The second-order valence-corrected chi connectivity index (χ2v) is 9.26. The van der Waals surface area contributed by atoms with Gasteiger partial charge in [0.2, 0.25) is 0 Å². The fourth-order valence-corrected chi connectivity index (χ4v) is 3.16. The number of anilines is 1. The van der Waals surface area contributed by atoms with Crippen molar-refractivity contribution in [1.82, 2.24) is 10.6 Å². The van der Waals surface area contributed by atoms with Gasteiger partial charge in [-0.1, -0.05) is 26.8 Å². The summed E-state index contributed by atoms with van der Waals surface area (Å²) in [5, 5.41) is 5.98. The lowest BCUT2D eigenvalue weighted by Crippen LogP contribution is -2.32. The van der Waals surface area contributed by atoms with E-state index in [9.17, 15) is 9.59 Å². The summed E-state index contributed by atoms with van der Waals surface area (Å²) in [4.78, 5) is 25.0. The Morgan fingerprint density at radius 2 is 1.76 bits per heavy atom. The fourth-order valence-electron chi connectivity index (χ4n) is 3.16. The van der Waals surface area contributed by atoms with E-state index in [1.807, 2.05) is 38.1 Å². The molecule has 1 aliphatic carbocycles. The first kappa shape index (κ1) is 20.9. The number of carbonyl (C=O) groups excluding carboxylic acids is 2. The van der Waals surface area contributed by atoms with Crippen LogP contribution in [0.4, 0.5) is 5.69 Å². The Morgan fingerprint density at radius 1 is 1.07 bits per heavy atom. The Kier molecular flexibility index (Phi) is 5.69. The van der Waals surface area contributed by atoms with Crippen LogP contribution >= 0.6 is 0 Å². The van der Waals surface area contributed by atoms with E-state index in [0.29, 0.717) is 29.4 Å². The number of rotatable bonds is 5. The zero-order chi connectivity index (χ0) is 21.3. The molecule has 2 aromatic carbocycles. The number of nitrogens with one attached hydrogen (secondary N) is 2. The molecule has 5 nitrogen and oxygen atoms in total. The highest BCUT2D eigenvalue weighted by Crippen LogP contribution is 2.30. The summed E-state index contributed by atoms with van der Waals surface area (Å²) in [5.41, 5.74) is 11.8. The van der Waals surface area contributed by atoms with Gasteiger partial charge >= 0.3 is 0 Å². The van der Waals surface area contributed by atoms with Crippen molar-refractivity contribution >= 4 is 17.5 Å². The molecule has 2 amide bonds. The van der Waals surface area contributed by atoms with Gasteiger partial charge in [0.15, 0.2) is 0 Å². The lowest BCUT2D eigenvalue weighted by atomic mass is 9.93. The second-order valence-electron chi connectivity index (χ2n) is 9.26.